The van der Waals surface area contributed by atoms with E-state index in [0.29, 0.717) is 12.0 Å². The molecular formula is C15H18N2O3. The van der Waals surface area contributed by atoms with Gasteiger partial charge < -0.3 is 4.90 Å². The fourth-order valence-electron chi connectivity index (χ4n) is 3.52. The van der Waals surface area contributed by atoms with Crippen molar-refractivity contribution in [3.8, 4) is 0 Å². The Bertz CT molecular complexity index is 584. The van der Waals surface area contributed by atoms with Gasteiger partial charge in [-0.05, 0) is 42.5 Å². The molecule has 1 aliphatic carbocycles. The summed E-state index contributed by atoms with van der Waals surface area (Å²) in [6, 6.07) is 5.52. The molecule has 1 aliphatic heterocycles. The van der Waals surface area contributed by atoms with Crippen LogP contribution in [0.15, 0.2) is 18.2 Å². The first kappa shape index (κ1) is 13.1. The Hall–Kier alpha value is -1.88. The lowest BCUT2D eigenvalue weighted by Gasteiger charge is -2.34. The number of fused-ring (bicyclic) bond motifs is 1. The van der Waals surface area contributed by atoms with E-state index in [0.717, 1.165) is 31.4 Å². The van der Waals surface area contributed by atoms with Crippen molar-refractivity contribution in [3.05, 3.63) is 34.9 Å². The number of carbonyl (C=O) groups excluding carboxylic acids is 2. The minimum atomic E-state index is -0.493. The van der Waals surface area contributed by atoms with Crippen LogP contribution in [0.25, 0.3) is 0 Å². The molecule has 5 heteroatoms. The van der Waals surface area contributed by atoms with Crippen LogP contribution < -0.4 is 5.48 Å². The summed E-state index contributed by atoms with van der Waals surface area (Å²) in [7, 11) is 1.85. The molecule has 0 bridgehead atoms. The van der Waals surface area contributed by atoms with E-state index in [9.17, 15) is 9.59 Å². The fourth-order valence-corrected chi connectivity index (χ4v) is 3.52. The van der Waals surface area contributed by atoms with Crippen molar-refractivity contribution in [1.29, 1.82) is 0 Å². The molecule has 5 nitrogen and oxygen atoms in total. The van der Waals surface area contributed by atoms with Crippen LogP contribution in [-0.2, 0) is 17.6 Å². The Morgan fingerprint density at radius 2 is 2.15 bits per heavy atom. The van der Waals surface area contributed by atoms with E-state index < -0.39 is 5.91 Å². The van der Waals surface area contributed by atoms with Crippen LogP contribution in [0.1, 0.15) is 34.3 Å². The normalized spacial score (nSPS) is 24.9. The molecule has 0 saturated carbocycles. The summed E-state index contributed by atoms with van der Waals surface area (Å²) in [6.07, 6.45) is 3.38. The monoisotopic (exact) mass is 274 g/mol. The molecule has 0 aromatic heterocycles. The highest BCUT2D eigenvalue weighted by atomic mass is 16.5. The van der Waals surface area contributed by atoms with Crippen molar-refractivity contribution in [2.75, 3.05) is 13.6 Å². The van der Waals surface area contributed by atoms with Crippen LogP contribution in [0.3, 0.4) is 0 Å². The molecule has 1 fully saturated rings. The molecule has 2 N–H and O–H groups in total. The third-order valence-corrected chi connectivity index (χ3v) is 4.58. The molecule has 3 rings (SSSR count). The van der Waals surface area contributed by atoms with E-state index in [1.54, 1.807) is 16.4 Å². The molecular weight excluding hydrogens is 256 g/mol. The molecule has 1 aromatic carbocycles. The molecule has 20 heavy (non-hydrogen) atoms. The smallest absolute Gasteiger partial charge is 0.274 e. The predicted molar refractivity (Wildman–Crippen MR) is 72.4 cm³/mol. The van der Waals surface area contributed by atoms with E-state index in [2.05, 4.69) is 0 Å². The summed E-state index contributed by atoms with van der Waals surface area (Å²) < 4.78 is 0. The van der Waals surface area contributed by atoms with E-state index in [-0.39, 0.29) is 11.3 Å². The maximum absolute atomic E-state index is 11.8. The van der Waals surface area contributed by atoms with Crippen molar-refractivity contribution >= 4 is 11.8 Å². The van der Waals surface area contributed by atoms with E-state index >= 15 is 0 Å². The van der Waals surface area contributed by atoms with Crippen molar-refractivity contribution in [2.45, 2.75) is 25.7 Å². The fraction of sp³-hybridized carbons (Fsp3) is 0.467. The number of hydroxylamine groups is 1. The number of amides is 2. The molecule has 2 amide bonds. The van der Waals surface area contributed by atoms with Gasteiger partial charge in [0.1, 0.15) is 0 Å². The molecule has 0 unspecified atom stereocenters. The van der Waals surface area contributed by atoms with Gasteiger partial charge in [0.05, 0.1) is 0 Å². The minimum Gasteiger partial charge on any atom is -0.345 e. The summed E-state index contributed by atoms with van der Waals surface area (Å²) in [5, 5.41) is 8.72. The first-order valence-electron chi connectivity index (χ1n) is 6.83. The van der Waals surface area contributed by atoms with Crippen molar-refractivity contribution in [1.82, 2.24) is 10.4 Å². The lowest BCUT2D eigenvalue weighted by Crippen LogP contribution is -2.32. The summed E-state index contributed by atoms with van der Waals surface area (Å²) in [6.45, 7) is 0.793. The van der Waals surface area contributed by atoms with Gasteiger partial charge in [-0.15, -0.1) is 0 Å². The lowest BCUT2D eigenvalue weighted by molar-refractivity contribution is -0.126. The van der Waals surface area contributed by atoms with Gasteiger partial charge in [-0.3, -0.25) is 14.8 Å². The zero-order chi connectivity index (χ0) is 14.3. The summed E-state index contributed by atoms with van der Waals surface area (Å²) in [5.41, 5.74) is 4.51. The maximum atomic E-state index is 11.8. The molecule has 1 spiro atoms. The third kappa shape index (κ3) is 2.08. The van der Waals surface area contributed by atoms with Crippen molar-refractivity contribution in [3.63, 3.8) is 0 Å². The van der Waals surface area contributed by atoms with Crippen LogP contribution in [0.2, 0.25) is 0 Å². The highest BCUT2D eigenvalue weighted by Crippen LogP contribution is 2.42. The van der Waals surface area contributed by atoms with Gasteiger partial charge in [-0.1, -0.05) is 6.07 Å². The molecule has 0 radical (unpaired) electrons. The molecule has 106 valence electrons. The van der Waals surface area contributed by atoms with Crippen molar-refractivity contribution < 1.29 is 14.8 Å². The highest BCUT2D eigenvalue weighted by Gasteiger charge is 2.43. The number of benzene rings is 1. The highest BCUT2D eigenvalue weighted by molar-refractivity contribution is 5.93. The van der Waals surface area contributed by atoms with Gasteiger partial charge in [-0.2, -0.15) is 0 Å². The third-order valence-electron chi connectivity index (χ3n) is 4.58. The van der Waals surface area contributed by atoms with Gasteiger partial charge >= 0.3 is 0 Å². The maximum Gasteiger partial charge on any atom is 0.274 e. The molecule has 1 aromatic rings. The lowest BCUT2D eigenvalue weighted by atomic mass is 9.70. The number of carbonyl (C=O) groups is 2. The Balaban J connectivity index is 1.90. The Morgan fingerprint density at radius 3 is 2.80 bits per heavy atom. The zero-order valence-electron chi connectivity index (χ0n) is 11.5. The Labute approximate surface area is 117 Å². The second kappa shape index (κ2) is 4.59. The number of nitrogens with zero attached hydrogens (tertiary/aromatic N) is 1. The standard InChI is InChI=1S/C15H18N2O3/c1-17-9-15(8-13(17)18)5-4-10-2-3-11(14(19)16-20)6-12(10)7-15/h2-3,6,20H,4-5,7-9H2,1H3,(H,16,19)/t15-/m1/s1. The van der Waals surface area contributed by atoms with Gasteiger partial charge in [0.15, 0.2) is 0 Å². The molecule has 1 atom stereocenters. The molecule has 2 aliphatic rings. The molecule has 1 heterocycles. The number of nitrogens with one attached hydrogen (secondary N) is 1. The molecule has 1 saturated heterocycles. The number of rotatable bonds is 1. The Kier molecular flexibility index (Phi) is 3.01. The summed E-state index contributed by atoms with van der Waals surface area (Å²) >= 11 is 0. The first-order valence-corrected chi connectivity index (χ1v) is 6.83. The summed E-state index contributed by atoms with van der Waals surface area (Å²) in [4.78, 5) is 25.1. The topological polar surface area (TPSA) is 69.6 Å². The number of likely N-dealkylation sites (tertiary alicyclic amines) is 1. The SMILES string of the molecule is CN1C[C@@]2(CCc3ccc(C(=O)NO)cc3C2)CC1=O. The van der Waals surface area contributed by atoms with Crippen LogP contribution in [0.4, 0.5) is 0 Å². The average Bonchev–Trinajstić information content (AvgIpc) is 2.71. The quantitative estimate of drug-likeness (QED) is 0.596. The number of aryl methyl sites for hydroxylation is 1. The Morgan fingerprint density at radius 1 is 1.35 bits per heavy atom. The predicted octanol–water partition coefficient (Wildman–Crippen LogP) is 1.14. The second-order valence-corrected chi connectivity index (χ2v) is 6.03. The average molecular weight is 274 g/mol. The minimum absolute atomic E-state index is 0.0210. The summed E-state index contributed by atoms with van der Waals surface area (Å²) in [5.74, 6) is -0.287. The van der Waals surface area contributed by atoms with Gasteiger partial charge in [0, 0.05) is 31.0 Å². The first-order chi connectivity index (χ1) is 9.53. The van der Waals surface area contributed by atoms with E-state index in [1.165, 1.54) is 5.56 Å². The van der Waals surface area contributed by atoms with Gasteiger partial charge in [0.25, 0.3) is 5.91 Å². The van der Waals surface area contributed by atoms with Crippen molar-refractivity contribution in [2.24, 2.45) is 5.41 Å². The van der Waals surface area contributed by atoms with E-state index in [4.69, 9.17) is 5.21 Å². The largest absolute Gasteiger partial charge is 0.345 e. The van der Waals surface area contributed by atoms with E-state index in [1.807, 2.05) is 19.2 Å². The van der Waals surface area contributed by atoms with Crippen LogP contribution in [-0.4, -0.2) is 35.5 Å². The van der Waals surface area contributed by atoms with Gasteiger partial charge in [-0.25, -0.2) is 5.48 Å². The zero-order valence-corrected chi connectivity index (χ0v) is 11.5. The van der Waals surface area contributed by atoms with Crippen LogP contribution in [0, 0.1) is 5.41 Å². The van der Waals surface area contributed by atoms with Gasteiger partial charge in [0.2, 0.25) is 5.91 Å². The van der Waals surface area contributed by atoms with Crippen LogP contribution in [0.5, 0.6) is 0 Å². The second-order valence-electron chi connectivity index (χ2n) is 6.03. The number of hydrogen-bond acceptors (Lipinski definition) is 3. The number of hydrogen-bond donors (Lipinski definition) is 2. The van der Waals surface area contributed by atoms with Crippen LogP contribution >= 0.6 is 0 Å².